The standard InChI is InChI=1S/C16H22N2O/c1-12-9-13(11-19)10-17-16(12)18-8-4-6-14-5-2-3-7-15(14)18/h9-11,14-15H,2-8H2,1H3. The second-order valence-corrected chi connectivity index (χ2v) is 5.97. The van der Waals surface area contributed by atoms with E-state index in [4.69, 9.17) is 0 Å². The zero-order valence-electron chi connectivity index (χ0n) is 11.6. The lowest BCUT2D eigenvalue weighted by Crippen LogP contribution is -2.47. The van der Waals surface area contributed by atoms with E-state index in [2.05, 4.69) is 16.8 Å². The SMILES string of the molecule is Cc1cc(C=O)cnc1N1CCCC2CCCCC21. The summed E-state index contributed by atoms with van der Waals surface area (Å²) in [6.07, 6.45) is 10.7. The number of fused-ring (bicyclic) bond motifs is 1. The number of pyridine rings is 1. The van der Waals surface area contributed by atoms with Crippen molar-refractivity contribution in [3.63, 3.8) is 0 Å². The van der Waals surface area contributed by atoms with Crippen LogP contribution in [-0.2, 0) is 0 Å². The normalized spacial score (nSPS) is 26.9. The van der Waals surface area contributed by atoms with Crippen molar-refractivity contribution < 1.29 is 4.79 Å². The topological polar surface area (TPSA) is 33.2 Å². The van der Waals surface area contributed by atoms with Gasteiger partial charge in [0.2, 0.25) is 0 Å². The van der Waals surface area contributed by atoms with E-state index in [1.54, 1.807) is 6.20 Å². The van der Waals surface area contributed by atoms with E-state index in [0.717, 1.165) is 30.1 Å². The van der Waals surface area contributed by atoms with Crippen LogP contribution in [0.2, 0.25) is 0 Å². The summed E-state index contributed by atoms with van der Waals surface area (Å²) in [7, 11) is 0. The lowest BCUT2D eigenvalue weighted by molar-refractivity contribution is 0.112. The molecule has 0 N–H and O–H groups in total. The Morgan fingerprint density at radius 3 is 2.84 bits per heavy atom. The highest BCUT2D eigenvalue weighted by Gasteiger charge is 2.34. The Morgan fingerprint density at radius 2 is 2.05 bits per heavy atom. The van der Waals surface area contributed by atoms with Gasteiger partial charge in [0.1, 0.15) is 5.82 Å². The number of rotatable bonds is 2. The molecule has 2 aliphatic rings. The van der Waals surface area contributed by atoms with Crippen molar-refractivity contribution in [2.24, 2.45) is 5.92 Å². The van der Waals surface area contributed by atoms with Crippen molar-refractivity contribution in [1.82, 2.24) is 4.98 Å². The number of hydrogen-bond donors (Lipinski definition) is 0. The minimum Gasteiger partial charge on any atom is -0.353 e. The van der Waals surface area contributed by atoms with Crippen LogP contribution in [0, 0.1) is 12.8 Å². The Kier molecular flexibility index (Phi) is 3.54. The van der Waals surface area contributed by atoms with Gasteiger partial charge in [0.05, 0.1) is 0 Å². The predicted molar refractivity (Wildman–Crippen MR) is 76.7 cm³/mol. The van der Waals surface area contributed by atoms with Gasteiger partial charge in [0.15, 0.2) is 6.29 Å². The van der Waals surface area contributed by atoms with Gasteiger partial charge in [-0.25, -0.2) is 4.98 Å². The van der Waals surface area contributed by atoms with E-state index in [-0.39, 0.29) is 0 Å². The molecule has 2 heterocycles. The number of aryl methyl sites for hydroxylation is 1. The molecule has 2 unspecified atom stereocenters. The van der Waals surface area contributed by atoms with Crippen LogP contribution in [-0.4, -0.2) is 23.9 Å². The molecule has 2 atom stereocenters. The van der Waals surface area contributed by atoms with Crippen molar-refractivity contribution in [1.29, 1.82) is 0 Å². The van der Waals surface area contributed by atoms with Crippen LogP contribution in [0.3, 0.4) is 0 Å². The first-order chi connectivity index (χ1) is 9.29. The fraction of sp³-hybridized carbons (Fsp3) is 0.625. The Morgan fingerprint density at radius 1 is 1.26 bits per heavy atom. The summed E-state index contributed by atoms with van der Waals surface area (Å²) in [5, 5.41) is 0. The molecule has 1 saturated carbocycles. The maximum atomic E-state index is 10.8. The first-order valence-corrected chi connectivity index (χ1v) is 7.48. The van der Waals surface area contributed by atoms with E-state index in [1.807, 2.05) is 6.07 Å². The third-order valence-corrected chi connectivity index (χ3v) is 4.72. The third-order valence-electron chi connectivity index (χ3n) is 4.72. The largest absolute Gasteiger partial charge is 0.353 e. The zero-order chi connectivity index (χ0) is 13.2. The molecular formula is C16H22N2O. The van der Waals surface area contributed by atoms with Gasteiger partial charge in [0.25, 0.3) is 0 Å². The smallest absolute Gasteiger partial charge is 0.151 e. The molecule has 3 nitrogen and oxygen atoms in total. The highest BCUT2D eigenvalue weighted by atomic mass is 16.1. The van der Waals surface area contributed by atoms with Crippen molar-refractivity contribution in [2.75, 3.05) is 11.4 Å². The second kappa shape index (κ2) is 5.32. The molecular weight excluding hydrogens is 236 g/mol. The predicted octanol–water partition coefficient (Wildman–Crippen LogP) is 3.36. The van der Waals surface area contributed by atoms with E-state index in [9.17, 15) is 4.79 Å². The number of carbonyl (C=O) groups excluding carboxylic acids is 1. The maximum Gasteiger partial charge on any atom is 0.151 e. The molecule has 0 bridgehead atoms. The molecule has 3 rings (SSSR count). The molecule has 1 aliphatic carbocycles. The molecule has 1 aromatic heterocycles. The van der Waals surface area contributed by atoms with E-state index in [0.29, 0.717) is 11.6 Å². The van der Waals surface area contributed by atoms with Crippen molar-refractivity contribution in [2.45, 2.75) is 51.5 Å². The average Bonchev–Trinajstić information content (AvgIpc) is 2.46. The molecule has 102 valence electrons. The molecule has 1 aromatic rings. The molecule has 19 heavy (non-hydrogen) atoms. The molecule has 3 heteroatoms. The number of hydrogen-bond acceptors (Lipinski definition) is 3. The van der Waals surface area contributed by atoms with Crippen LogP contribution in [0.25, 0.3) is 0 Å². The van der Waals surface area contributed by atoms with Crippen molar-refractivity contribution in [3.05, 3.63) is 23.4 Å². The quantitative estimate of drug-likeness (QED) is 0.763. The van der Waals surface area contributed by atoms with Crippen LogP contribution in [0.15, 0.2) is 12.3 Å². The molecule has 1 aliphatic heterocycles. The summed E-state index contributed by atoms with van der Waals surface area (Å²) in [5.74, 6) is 1.96. The minimum absolute atomic E-state index is 0.677. The fourth-order valence-corrected chi connectivity index (χ4v) is 3.84. The van der Waals surface area contributed by atoms with Gasteiger partial charge in [-0.1, -0.05) is 12.8 Å². The van der Waals surface area contributed by atoms with Crippen LogP contribution in [0.1, 0.15) is 54.4 Å². The maximum absolute atomic E-state index is 10.8. The van der Waals surface area contributed by atoms with Gasteiger partial charge in [-0.05, 0) is 50.2 Å². The van der Waals surface area contributed by atoms with E-state index in [1.165, 1.54) is 38.5 Å². The minimum atomic E-state index is 0.677. The van der Waals surface area contributed by atoms with Gasteiger partial charge in [-0.2, -0.15) is 0 Å². The lowest BCUT2D eigenvalue weighted by Gasteiger charge is -2.45. The summed E-state index contributed by atoms with van der Waals surface area (Å²) in [5.41, 5.74) is 1.81. The van der Waals surface area contributed by atoms with E-state index >= 15 is 0 Å². The van der Waals surface area contributed by atoms with E-state index < -0.39 is 0 Å². The highest BCUT2D eigenvalue weighted by Crippen LogP contribution is 2.37. The molecule has 2 fully saturated rings. The monoisotopic (exact) mass is 258 g/mol. The molecule has 0 aromatic carbocycles. The Labute approximate surface area is 115 Å². The molecule has 0 amide bonds. The number of anilines is 1. The van der Waals surface area contributed by atoms with Crippen LogP contribution in [0.5, 0.6) is 0 Å². The number of aldehydes is 1. The fourth-order valence-electron chi connectivity index (χ4n) is 3.84. The summed E-state index contributed by atoms with van der Waals surface area (Å²) in [4.78, 5) is 17.9. The summed E-state index contributed by atoms with van der Waals surface area (Å²) in [6, 6.07) is 2.64. The van der Waals surface area contributed by atoms with Crippen molar-refractivity contribution >= 4 is 12.1 Å². The summed E-state index contributed by atoms with van der Waals surface area (Å²) < 4.78 is 0. The molecule has 0 spiro atoms. The first kappa shape index (κ1) is 12.6. The number of carbonyl (C=O) groups is 1. The Balaban J connectivity index is 1.89. The Hall–Kier alpha value is -1.38. The number of aromatic nitrogens is 1. The third kappa shape index (κ3) is 2.38. The van der Waals surface area contributed by atoms with Crippen LogP contribution >= 0.6 is 0 Å². The first-order valence-electron chi connectivity index (χ1n) is 7.48. The molecule has 1 saturated heterocycles. The average molecular weight is 258 g/mol. The zero-order valence-corrected chi connectivity index (χ0v) is 11.6. The van der Waals surface area contributed by atoms with Crippen LogP contribution in [0.4, 0.5) is 5.82 Å². The van der Waals surface area contributed by atoms with Gasteiger partial charge in [-0.15, -0.1) is 0 Å². The summed E-state index contributed by atoms with van der Waals surface area (Å²) in [6.45, 7) is 3.19. The van der Waals surface area contributed by atoms with Gasteiger partial charge in [-0.3, -0.25) is 4.79 Å². The lowest BCUT2D eigenvalue weighted by atomic mass is 9.78. The van der Waals surface area contributed by atoms with Gasteiger partial charge < -0.3 is 4.90 Å². The Bertz CT molecular complexity index is 470. The number of nitrogens with zero attached hydrogens (tertiary/aromatic N) is 2. The highest BCUT2D eigenvalue weighted by molar-refractivity contribution is 5.75. The van der Waals surface area contributed by atoms with Gasteiger partial charge >= 0.3 is 0 Å². The molecule has 0 radical (unpaired) electrons. The summed E-state index contributed by atoms with van der Waals surface area (Å²) >= 11 is 0. The second-order valence-electron chi connectivity index (χ2n) is 5.97. The van der Waals surface area contributed by atoms with Gasteiger partial charge in [0, 0.05) is 24.3 Å². The van der Waals surface area contributed by atoms with Crippen LogP contribution < -0.4 is 4.90 Å². The number of piperidine rings is 1. The van der Waals surface area contributed by atoms with Crippen molar-refractivity contribution in [3.8, 4) is 0 Å².